The van der Waals surface area contributed by atoms with Crippen LogP contribution in [-0.2, 0) is 0 Å². The maximum Gasteiger partial charge on any atom is 0.159 e. The van der Waals surface area contributed by atoms with Gasteiger partial charge in [-0.05, 0) is 52.3 Å². The summed E-state index contributed by atoms with van der Waals surface area (Å²) in [6.07, 6.45) is 0. The van der Waals surface area contributed by atoms with Crippen LogP contribution >= 0.6 is 10.9 Å². The van der Waals surface area contributed by atoms with Crippen LogP contribution in [0.2, 0.25) is 0 Å². The summed E-state index contributed by atoms with van der Waals surface area (Å²) >= 11 is 0. The molecule has 0 aliphatic carbocycles. The van der Waals surface area contributed by atoms with Crippen molar-refractivity contribution in [1.29, 1.82) is 0 Å². The van der Waals surface area contributed by atoms with Gasteiger partial charge in [-0.3, -0.25) is 0 Å². The second-order valence-electron chi connectivity index (χ2n) is 4.90. The van der Waals surface area contributed by atoms with Crippen LogP contribution in [0, 0.1) is 23.3 Å². The lowest BCUT2D eigenvalue weighted by molar-refractivity contribution is 0.506. The van der Waals surface area contributed by atoms with Crippen LogP contribution in [0.3, 0.4) is 0 Å². The molecule has 1 unspecified atom stereocenters. The Kier molecular flexibility index (Phi) is 4.39. The van der Waals surface area contributed by atoms with Gasteiger partial charge in [-0.25, -0.2) is 17.6 Å². The zero-order valence-electron chi connectivity index (χ0n) is 11.8. The highest BCUT2D eigenvalue weighted by atomic mass is 32.2. The highest BCUT2D eigenvalue weighted by Gasteiger charge is 2.16. The monoisotopic (exact) mass is 336 g/mol. The van der Waals surface area contributed by atoms with E-state index in [4.69, 9.17) is 0 Å². The Morgan fingerprint density at radius 3 is 1.78 bits per heavy atom. The second-order valence-corrected chi connectivity index (χ2v) is 7.12. The van der Waals surface area contributed by atoms with E-state index in [9.17, 15) is 17.6 Å². The lowest BCUT2D eigenvalue weighted by Gasteiger charge is -2.23. The first-order valence-corrected chi connectivity index (χ1v) is 8.15. The summed E-state index contributed by atoms with van der Waals surface area (Å²) in [4.78, 5) is 1.67. The third kappa shape index (κ3) is 3.40. The minimum atomic E-state index is -1.39. The molecule has 3 rings (SSSR count). The molecule has 0 heterocycles. The zero-order valence-corrected chi connectivity index (χ0v) is 12.7. The van der Waals surface area contributed by atoms with Gasteiger partial charge in [-0.2, -0.15) is 10.9 Å². The predicted molar refractivity (Wildman–Crippen MR) is 82.9 cm³/mol. The van der Waals surface area contributed by atoms with Crippen molar-refractivity contribution < 1.29 is 17.6 Å². The normalized spacial score (nSPS) is 13.0. The van der Waals surface area contributed by atoms with E-state index in [1.165, 1.54) is 18.2 Å². The van der Waals surface area contributed by atoms with Crippen LogP contribution in [0.4, 0.5) is 17.6 Å². The van der Waals surface area contributed by atoms with E-state index in [1.807, 2.05) is 6.07 Å². The van der Waals surface area contributed by atoms with Crippen molar-refractivity contribution >= 4 is 10.9 Å². The average Bonchev–Trinajstić information content (AvgIpc) is 2.51. The SMILES string of the molecule is Fc1cc(F)cc([SH](c2ccccc2)c2ccc(F)c(F)c2)c1. The summed E-state index contributed by atoms with van der Waals surface area (Å²) < 4.78 is 54.0. The van der Waals surface area contributed by atoms with Crippen molar-refractivity contribution in [2.75, 3.05) is 0 Å². The number of halogens is 4. The van der Waals surface area contributed by atoms with Crippen LogP contribution in [0.25, 0.3) is 0 Å². The van der Waals surface area contributed by atoms with Crippen LogP contribution in [0.5, 0.6) is 0 Å². The summed E-state index contributed by atoms with van der Waals surface area (Å²) in [7, 11) is -1.39. The fraction of sp³-hybridized carbons (Fsp3) is 0. The molecular formula is C18H12F4S. The van der Waals surface area contributed by atoms with E-state index in [1.54, 1.807) is 24.3 Å². The summed E-state index contributed by atoms with van der Waals surface area (Å²) in [5.74, 6) is -3.35. The van der Waals surface area contributed by atoms with Crippen molar-refractivity contribution in [2.24, 2.45) is 0 Å². The fourth-order valence-electron chi connectivity index (χ4n) is 2.32. The molecule has 0 aliphatic rings. The molecule has 3 aromatic rings. The van der Waals surface area contributed by atoms with E-state index in [-0.39, 0.29) is 0 Å². The lowest BCUT2D eigenvalue weighted by Crippen LogP contribution is -1.93. The number of hydrogen-bond donors (Lipinski definition) is 1. The molecule has 0 saturated carbocycles. The Labute approximate surface area is 133 Å². The molecule has 23 heavy (non-hydrogen) atoms. The van der Waals surface area contributed by atoms with E-state index >= 15 is 0 Å². The molecule has 0 N–H and O–H groups in total. The van der Waals surface area contributed by atoms with E-state index < -0.39 is 34.2 Å². The third-order valence-electron chi connectivity index (χ3n) is 3.28. The standard InChI is InChI=1S/C18H12F4S/c19-12-8-13(20)10-16(9-12)23(14-4-2-1-3-5-14)15-6-7-17(21)18(22)11-15/h1-11,23H. The first-order valence-electron chi connectivity index (χ1n) is 6.81. The molecule has 0 radical (unpaired) electrons. The Morgan fingerprint density at radius 1 is 0.522 bits per heavy atom. The molecular weight excluding hydrogens is 324 g/mol. The Hall–Kier alpha value is -2.27. The molecule has 0 aromatic heterocycles. The summed E-state index contributed by atoms with van der Waals surface area (Å²) in [6.45, 7) is 0. The lowest BCUT2D eigenvalue weighted by atomic mass is 10.3. The van der Waals surface area contributed by atoms with Gasteiger partial charge in [-0.15, -0.1) is 0 Å². The Bertz CT molecular complexity index is 813. The molecule has 1 atom stereocenters. The number of thiol groups is 1. The molecule has 0 aliphatic heterocycles. The van der Waals surface area contributed by atoms with Gasteiger partial charge in [0.05, 0.1) is 0 Å². The van der Waals surface area contributed by atoms with Crippen LogP contribution in [0.1, 0.15) is 0 Å². The first kappa shape index (κ1) is 15.6. The Morgan fingerprint density at radius 2 is 1.17 bits per heavy atom. The largest absolute Gasteiger partial charge is 0.207 e. The van der Waals surface area contributed by atoms with Gasteiger partial charge < -0.3 is 0 Å². The van der Waals surface area contributed by atoms with Gasteiger partial charge in [0.1, 0.15) is 11.6 Å². The number of rotatable bonds is 3. The smallest absolute Gasteiger partial charge is 0.159 e. The third-order valence-corrected chi connectivity index (χ3v) is 5.66. The minimum Gasteiger partial charge on any atom is -0.207 e. The average molecular weight is 336 g/mol. The summed E-state index contributed by atoms with van der Waals surface area (Å²) in [5, 5.41) is 0. The molecule has 0 saturated heterocycles. The molecule has 0 nitrogen and oxygen atoms in total. The van der Waals surface area contributed by atoms with Gasteiger partial charge in [0.25, 0.3) is 0 Å². The molecule has 0 spiro atoms. The quantitative estimate of drug-likeness (QED) is 0.459. The van der Waals surface area contributed by atoms with E-state index in [2.05, 4.69) is 0 Å². The molecule has 0 fully saturated rings. The Balaban J connectivity index is 2.19. The van der Waals surface area contributed by atoms with Crippen LogP contribution < -0.4 is 0 Å². The molecule has 3 aromatic carbocycles. The molecule has 118 valence electrons. The van der Waals surface area contributed by atoms with Crippen LogP contribution in [0.15, 0.2) is 81.4 Å². The topological polar surface area (TPSA) is 0 Å². The van der Waals surface area contributed by atoms with Crippen molar-refractivity contribution in [3.05, 3.63) is 90.0 Å². The maximum absolute atomic E-state index is 13.6. The van der Waals surface area contributed by atoms with Gasteiger partial charge in [-0.1, -0.05) is 18.2 Å². The van der Waals surface area contributed by atoms with E-state index in [0.717, 1.165) is 23.1 Å². The molecule has 0 bridgehead atoms. The summed E-state index contributed by atoms with van der Waals surface area (Å²) in [6, 6.07) is 15.8. The van der Waals surface area contributed by atoms with Crippen molar-refractivity contribution in [1.82, 2.24) is 0 Å². The van der Waals surface area contributed by atoms with Gasteiger partial charge in [0.2, 0.25) is 0 Å². The summed E-state index contributed by atoms with van der Waals surface area (Å²) in [5.41, 5.74) is 0. The number of hydrogen-bond acceptors (Lipinski definition) is 0. The molecule has 5 heteroatoms. The number of benzene rings is 3. The van der Waals surface area contributed by atoms with Gasteiger partial charge in [0, 0.05) is 11.0 Å². The van der Waals surface area contributed by atoms with E-state index in [0.29, 0.717) is 9.79 Å². The van der Waals surface area contributed by atoms with Crippen molar-refractivity contribution in [3.63, 3.8) is 0 Å². The van der Waals surface area contributed by atoms with Gasteiger partial charge >= 0.3 is 0 Å². The predicted octanol–water partition coefficient (Wildman–Crippen LogP) is 5.72. The van der Waals surface area contributed by atoms with Crippen molar-refractivity contribution in [2.45, 2.75) is 14.7 Å². The van der Waals surface area contributed by atoms with Gasteiger partial charge in [0.15, 0.2) is 11.6 Å². The van der Waals surface area contributed by atoms with Crippen LogP contribution in [-0.4, -0.2) is 0 Å². The molecule has 0 amide bonds. The first-order chi connectivity index (χ1) is 11.0. The minimum absolute atomic E-state index is 0.398. The fourth-order valence-corrected chi connectivity index (χ4v) is 4.65. The second kappa shape index (κ2) is 6.46. The van der Waals surface area contributed by atoms with Crippen molar-refractivity contribution in [3.8, 4) is 0 Å². The zero-order chi connectivity index (χ0) is 16.4. The highest BCUT2D eigenvalue weighted by molar-refractivity contribution is 8.17. The highest BCUT2D eigenvalue weighted by Crippen LogP contribution is 2.51. The maximum atomic E-state index is 13.6.